The first-order valence-corrected chi connectivity index (χ1v) is 10.5. The smallest absolute Gasteiger partial charge is 0.312 e. The predicted octanol–water partition coefficient (Wildman–Crippen LogP) is 5.31. The third-order valence-electron chi connectivity index (χ3n) is 4.57. The average molecular weight is 420 g/mol. The molecule has 5 nitrogen and oxygen atoms in total. The Bertz CT molecular complexity index is 944. The van der Waals surface area contributed by atoms with Crippen molar-refractivity contribution in [2.75, 3.05) is 0 Å². The molecule has 0 aliphatic carbocycles. The molecule has 2 unspecified atom stereocenters. The zero-order chi connectivity index (χ0) is 22.1. The molecule has 3 aromatic carbocycles. The second-order valence-corrected chi connectivity index (χ2v) is 7.62. The van der Waals surface area contributed by atoms with Gasteiger partial charge in [-0.25, -0.2) is 0 Å². The molecule has 31 heavy (non-hydrogen) atoms. The summed E-state index contributed by atoms with van der Waals surface area (Å²) in [6.45, 7) is 3.94. The lowest BCUT2D eigenvalue weighted by Gasteiger charge is -2.24. The summed E-state index contributed by atoms with van der Waals surface area (Å²) >= 11 is 0. The molecule has 0 fully saturated rings. The summed E-state index contributed by atoms with van der Waals surface area (Å²) in [5.74, 6) is 1.46. The molecule has 0 aromatic heterocycles. The van der Waals surface area contributed by atoms with E-state index in [4.69, 9.17) is 19.9 Å². The Morgan fingerprint density at radius 3 is 1.97 bits per heavy atom. The summed E-state index contributed by atoms with van der Waals surface area (Å²) in [4.78, 5) is 12.3. The van der Waals surface area contributed by atoms with Crippen molar-refractivity contribution >= 4 is 5.97 Å². The van der Waals surface area contributed by atoms with Gasteiger partial charge in [0.15, 0.2) is 11.5 Å². The van der Waals surface area contributed by atoms with E-state index in [1.807, 2.05) is 86.6 Å². The molecule has 0 saturated heterocycles. The Kier molecular flexibility index (Phi) is 8.07. The summed E-state index contributed by atoms with van der Waals surface area (Å²) in [5.41, 5.74) is 7.31. The minimum atomic E-state index is -0.431. The van der Waals surface area contributed by atoms with Crippen molar-refractivity contribution in [3.8, 4) is 17.2 Å². The first-order valence-electron chi connectivity index (χ1n) is 10.5. The number of esters is 1. The number of ether oxygens (including phenoxy) is 3. The predicted molar refractivity (Wildman–Crippen MR) is 121 cm³/mol. The van der Waals surface area contributed by atoms with Gasteiger partial charge in [0, 0.05) is 12.5 Å². The van der Waals surface area contributed by atoms with Crippen molar-refractivity contribution in [3.63, 3.8) is 0 Å². The molecular weight excluding hydrogens is 390 g/mol. The van der Waals surface area contributed by atoms with Crippen LogP contribution in [0.2, 0.25) is 0 Å². The highest BCUT2D eigenvalue weighted by Gasteiger charge is 2.22. The van der Waals surface area contributed by atoms with Crippen LogP contribution in [0.1, 0.15) is 38.4 Å². The zero-order valence-electron chi connectivity index (χ0n) is 17.9. The number of carbonyl (C=O) groups excluding carboxylic acids is 1. The van der Waals surface area contributed by atoms with Crippen molar-refractivity contribution in [2.24, 2.45) is 5.73 Å². The third-order valence-corrected chi connectivity index (χ3v) is 4.57. The van der Waals surface area contributed by atoms with Gasteiger partial charge >= 0.3 is 5.97 Å². The van der Waals surface area contributed by atoms with Gasteiger partial charge in [-0.1, -0.05) is 60.7 Å². The Morgan fingerprint density at radius 1 is 0.806 bits per heavy atom. The normalized spacial score (nSPS) is 12.8. The van der Waals surface area contributed by atoms with Gasteiger partial charge in [-0.3, -0.25) is 4.79 Å². The molecule has 2 atom stereocenters. The van der Waals surface area contributed by atoms with E-state index in [0.29, 0.717) is 23.7 Å². The molecular formula is C26H29NO4. The van der Waals surface area contributed by atoms with Crippen LogP contribution in [0.15, 0.2) is 84.9 Å². The van der Waals surface area contributed by atoms with Gasteiger partial charge in [0.05, 0.1) is 12.5 Å². The van der Waals surface area contributed by atoms with E-state index in [9.17, 15) is 4.79 Å². The van der Waals surface area contributed by atoms with Gasteiger partial charge in [0.1, 0.15) is 11.9 Å². The van der Waals surface area contributed by atoms with Crippen LogP contribution in [0, 0.1) is 0 Å². The highest BCUT2D eigenvalue weighted by molar-refractivity contribution is 5.73. The lowest BCUT2D eigenvalue weighted by atomic mass is 10.0. The number of carbonyl (C=O) groups is 1. The molecule has 0 saturated carbocycles. The topological polar surface area (TPSA) is 70.8 Å². The van der Waals surface area contributed by atoms with Crippen molar-refractivity contribution in [2.45, 2.75) is 44.9 Å². The second-order valence-electron chi connectivity index (χ2n) is 7.62. The average Bonchev–Trinajstić information content (AvgIpc) is 2.75. The van der Waals surface area contributed by atoms with E-state index in [-0.39, 0.29) is 24.6 Å². The standard InChI is InChI=1S/C26H29NO4/c1-19(2)29-23-15-9-10-16-24(23)31-25(20-11-5-3-6-12-20)17-21(27)18-26(28)30-22-13-7-4-8-14-22/h3-16,19,21,25H,17-18,27H2,1-2H3. The minimum Gasteiger partial charge on any atom is -0.487 e. The fraction of sp³-hybridized carbons (Fsp3) is 0.269. The summed E-state index contributed by atoms with van der Waals surface area (Å²) in [5, 5.41) is 0. The van der Waals surface area contributed by atoms with Gasteiger partial charge in [-0.2, -0.15) is 0 Å². The molecule has 162 valence electrons. The number of nitrogens with two attached hydrogens (primary N) is 1. The summed E-state index contributed by atoms with van der Waals surface area (Å²) < 4.78 is 17.6. The lowest BCUT2D eigenvalue weighted by molar-refractivity contribution is -0.134. The van der Waals surface area contributed by atoms with E-state index in [2.05, 4.69) is 0 Å². The van der Waals surface area contributed by atoms with Crippen LogP contribution in [-0.2, 0) is 4.79 Å². The van der Waals surface area contributed by atoms with Crippen LogP contribution in [0.3, 0.4) is 0 Å². The zero-order valence-corrected chi connectivity index (χ0v) is 17.9. The lowest BCUT2D eigenvalue weighted by Crippen LogP contribution is -2.29. The Balaban J connectivity index is 1.71. The van der Waals surface area contributed by atoms with Gasteiger partial charge in [0.2, 0.25) is 0 Å². The van der Waals surface area contributed by atoms with Crippen molar-refractivity contribution in [1.82, 2.24) is 0 Å². The van der Waals surface area contributed by atoms with Gasteiger partial charge < -0.3 is 19.9 Å². The van der Waals surface area contributed by atoms with Crippen molar-refractivity contribution in [1.29, 1.82) is 0 Å². The second kappa shape index (κ2) is 11.2. The quantitative estimate of drug-likeness (QED) is 0.356. The molecule has 0 radical (unpaired) electrons. The SMILES string of the molecule is CC(C)Oc1ccccc1OC(CC(N)CC(=O)Oc1ccccc1)c1ccccc1. The molecule has 0 amide bonds. The van der Waals surface area contributed by atoms with Crippen LogP contribution < -0.4 is 19.9 Å². The first kappa shape index (κ1) is 22.4. The van der Waals surface area contributed by atoms with Crippen molar-refractivity contribution in [3.05, 3.63) is 90.5 Å². The Hall–Kier alpha value is -3.31. The van der Waals surface area contributed by atoms with Crippen LogP contribution in [-0.4, -0.2) is 18.1 Å². The number of hydrogen-bond donors (Lipinski definition) is 1. The molecule has 0 spiro atoms. The van der Waals surface area contributed by atoms with Crippen LogP contribution in [0.4, 0.5) is 0 Å². The number of rotatable bonds is 10. The van der Waals surface area contributed by atoms with Gasteiger partial charge in [-0.05, 0) is 43.7 Å². The number of para-hydroxylation sites is 3. The van der Waals surface area contributed by atoms with Crippen LogP contribution >= 0.6 is 0 Å². The molecule has 5 heteroatoms. The summed E-state index contributed by atoms with van der Waals surface area (Å²) in [6.07, 6.45) is 0.225. The van der Waals surface area contributed by atoms with Gasteiger partial charge in [0.25, 0.3) is 0 Å². The maximum atomic E-state index is 12.3. The largest absolute Gasteiger partial charge is 0.487 e. The van der Waals surface area contributed by atoms with Crippen LogP contribution in [0.5, 0.6) is 17.2 Å². The van der Waals surface area contributed by atoms with Crippen LogP contribution in [0.25, 0.3) is 0 Å². The molecule has 0 aliphatic heterocycles. The fourth-order valence-corrected chi connectivity index (χ4v) is 3.21. The van der Waals surface area contributed by atoms with E-state index < -0.39 is 6.04 Å². The van der Waals surface area contributed by atoms with E-state index in [1.54, 1.807) is 12.1 Å². The molecule has 3 rings (SSSR count). The molecule has 0 aliphatic rings. The maximum absolute atomic E-state index is 12.3. The van der Waals surface area contributed by atoms with E-state index >= 15 is 0 Å². The van der Waals surface area contributed by atoms with E-state index in [0.717, 1.165) is 5.56 Å². The Morgan fingerprint density at radius 2 is 1.35 bits per heavy atom. The molecule has 0 heterocycles. The third kappa shape index (κ3) is 7.15. The molecule has 0 bridgehead atoms. The minimum absolute atomic E-state index is 0.0231. The summed E-state index contributed by atoms with van der Waals surface area (Å²) in [7, 11) is 0. The maximum Gasteiger partial charge on any atom is 0.312 e. The Labute approximate surface area is 183 Å². The monoisotopic (exact) mass is 419 g/mol. The van der Waals surface area contributed by atoms with Crippen molar-refractivity contribution < 1.29 is 19.0 Å². The van der Waals surface area contributed by atoms with E-state index in [1.165, 1.54) is 0 Å². The number of benzene rings is 3. The summed E-state index contributed by atoms with van der Waals surface area (Å²) in [6, 6.07) is 26.0. The highest BCUT2D eigenvalue weighted by atomic mass is 16.5. The van der Waals surface area contributed by atoms with Gasteiger partial charge in [-0.15, -0.1) is 0 Å². The number of hydrogen-bond acceptors (Lipinski definition) is 5. The first-order chi connectivity index (χ1) is 15.0. The molecule has 3 aromatic rings. The molecule has 2 N–H and O–H groups in total. The fourth-order valence-electron chi connectivity index (χ4n) is 3.21. The highest BCUT2D eigenvalue weighted by Crippen LogP contribution is 2.33.